The van der Waals surface area contributed by atoms with E-state index in [9.17, 15) is 0 Å². The van der Waals surface area contributed by atoms with E-state index in [-0.39, 0.29) is 12.0 Å². The maximum absolute atomic E-state index is 6.00. The highest BCUT2D eigenvalue weighted by atomic mass is 16.3. The number of anilines is 1. The molecule has 0 spiro atoms. The molecule has 1 aromatic carbocycles. The van der Waals surface area contributed by atoms with E-state index in [1.165, 1.54) is 5.56 Å². The van der Waals surface area contributed by atoms with Gasteiger partial charge in [0.2, 0.25) is 5.95 Å². The van der Waals surface area contributed by atoms with Gasteiger partial charge in [0, 0.05) is 18.8 Å². The fraction of sp³-hybridized carbons (Fsp3) is 0.100. The van der Waals surface area contributed by atoms with Gasteiger partial charge in [0.05, 0.1) is 18.6 Å². The summed E-state index contributed by atoms with van der Waals surface area (Å²) in [6, 6.07) is 13.7. The largest absolute Gasteiger partial charge is 0.463 e. The molecule has 0 aliphatic heterocycles. The number of aromatic nitrogens is 6. The average molecular weight is 371 g/mol. The molecule has 0 bridgehead atoms. The molecule has 0 unspecified atom stereocenters. The van der Waals surface area contributed by atoms with Crippen molar-refractivity contribution >= 4 is 17.1 Å². The first-order valence-corrected chi connectivity index (χ1v) is 8.87. The van der Waals surface area contributed by atoms with Crippen LogP contribution in [-0.4, -0.2) is 29.5 Å². The summed E-state index contributed by atoms with van der Waals surface area (Å²) in [6.45, 7) is 0. The summed E-state index contributed by atoms with van der Waals surface area (Å²) in [4.78, 5) is 21.1. The molecule has 0 amide bonds. The van der Waals surface area contributed by atoms with Crippen LogP contribution in [0.4, 0.5) is 5.95 Å². The highest BCUT2D eigenvalue weighted by Gasteiger charge is 2.23. The Morgan fingerprint density at radius 2 is 1.96 bits per heavy atom. The Morgan fingerprint density at radius 3 is 2.71 bits per heavy atom. The lowest BCUT2D eigenvalue weighted by atomic mass is 10.1. The minimum absolute atomic E-state index is 0.124. The lowest BCUT2D eigenvalue weighted by Crippen LogP contribution is -2.15. The summed E-state index contributed by atoms with van der Waals surface area (Å²) in [7, 11) is 0. The second-order valence-electron chi connectivity index (χ2n) is 6.41. The second-order valence-corrected chi connectivity index (χ2v) is 6.41. The summed E-state index contributed by atoms with van der Waals surface area (Å²) in [5, 5.41) is 0. The number of H-pyrrole nitrogens is 1. The van der Waals surface area contributed by atoms with Crippen molar-refractivity contribution < 1.29 is 4.42 Å². The summed E-state index contributed by atoms with van der Waals surface area (Å²) >= 11 is 0. The van der Waals surface area contributed by atoms with Crippen molar-refractivity contribution in [3.63, 3.8) is 0 Å². The summed E-state index contributed by atoms with van der Waals surface area (Å²) < 4.78 is 7.48. The number of fused-ring (bicyclic) bond motifs is 1. The number of nitrogen functional groups attached to an aromatic ring is 1. The van der Waals surface area contributed by atoms with E-state index in [1.807, 2.05) is 35.0 Å². The molecule has 28 heavy (non-hydrogen) atoms. The first-order valence-electron chi connectivity index (χ1n) is 8.87. The smallest absolute Gasteiger partial charge is 0.222 e. The van der Waals surface area contributed by atoms with Gasteiger partial charge in [0.1, 0.15) is 17.0 Å². The number of hydrogen-bond acceptors (Lipinski definition) is 6. The van der Waals surface area contributed by atoms with Crippen molar-refractivity contribution in [1.29, 1.82) is 0 Å². The molecule has 4 aromatic heterocycles. The fourth-order valence-corrected chi connectivity index (χ4v) is 3.37. The molecule has 138 valence electrons. The molecule has 0 saturated carbocycles. The van der Waals surface area contributed by atoms with Gasteiger partial charge in [-0.05, 0) is 17.7 Å². The van der Waals surface area contributed by atoms with Crippen molar-refractivity contribution in [2.45, 2.75) is 12.5 Å². The van der Waals surface area contributed by atoms with Gasteiger partial charge in [-0.25, -0.2) is 15.0 Å². The Bertz CT molecular complexity index is 1190. The number of rotatable bonds is 5. The van der Waals surface area contributed by atoms with Gasteiger partial charge >= 0.3 is 0 Å². The quantitative estimate of drug-likeness (QED) is 0.491. The first kappa shape index (κ1) is 16.2. The van der Waals surface area contributed by atoms with Crippen molar-refractivity contribution in [1.82, 2.24) is 29.5 Å². The summed E-state index contributed by atoms with van der Waals surface area (Å²) in [5.74, 6) is 1.58. The molecular weight excluding hydrogens is 354 g/mol. The molecule has 5 rings (SSSR count). The minimum Gasteiger partial charge on any atom is -0.463 e. The van der Waals surface area contributed by atoms with Crippen LogP contribution in [0.25, 0.3) is 22.6 Å². The average Bonchev–Trinajstić information content (AvgIpc) is 3.48. The highest BCUT2D eigenvalue weighted by Crippen LogP contribution is 2.30. The van der Waals surface area contributed by atoms with Crippen LogP contribution in [0.1, 0.15) is 17.4 Å². The van der Waals surface area contributed by atoms with E-state index >= 15 is 0 Å². The van der Waals surface area contributed by atoms with Crippen LogP contribution in [0, 0.1) is 0 Å². The van der Waals surface area contributed by atoms with Crippen LogP contribution in [0.3, 0.4) is 0 Å². The lowest BCUT2D eigenvalue weighted by molar-refractivity contribution is 0.563. The zero-order valence-corrected chi connectivity index (χ0v) is 14.9. The highest BCUT2D eigenvalue weighted by molar-refractivity contribution is 5.86. The van der Waals surface area contributed by atoms with Crippen molar-refractivity contribution in [2.75, 3.05) is 5.73 Å². The van der Waals surface area contributed by atoms with Gasteiger partial charge in [-0.1, -0.05) is 30.3 Å². The third-order valence-electron chi connectivity index (χ3n) is 4.64. The maximum atomic E-state index is 6.00. The van der Waals surface area contributed by atoms with E-state index in [0.29, 0.717) is 22.6 Å². The number of nitrogens with zero attached hydrogens (tertiary/aromatic N) is 5. The standard InChI is InChI=1S/C20H17N7O/c21-20-25-16(15-7-4-10-28-15)17-19(26-20)27(12-24-17)14(18-22-8-9-23-18)11-13-5-2-1-3-6-13/h1-10,12,14H,11H2,(H,22,23)(H2,21,25,26)/t14-/m0/s1. The molecule has 5 aromatic rings. The molecule has 0 aliphatic rings. The Labute approximate surface area is 160 Å². The Morgan fingerprint density at radius 1 is 1.07 bits per heavy atom. The molecule has 0 saturated heterocycles. The van der Waals surface area contributed by atoms with E-state index < -0.39 is 0 Å². The predicted octanol–water partition coefficient (Wildman–Crippen LogP) is 3.22. The predicted molar refractivity (Wildman–Crippen MR) is 104 cm³/mol. The second kappa shape index (κ2) is 6.66. The normalized spacial score (nSPS) is 12.4. The SMILES string of the molecule is Nc1nc(-c2ccco2)c2ncn([C@@H](Cc3ccccc3)c3ncc[nH]3)c2n1. The molecule has 8 heteroatoms. The molecule has 0 radical (unpaired) electrons. The van der Waals surface area contributed by atoms with Gasteiger partial charge in [0.25, 0.3) is 0 Å². The van der Waals surface area contributed by atoms with Crippen LogP contribution < -0.4 is 5.73 Å². The van der Waals surface area contributed by atoms with E-state index in [0.717, 1.165) is 12.2 Å². The van der Waals surface area contributed by atoms with Gasteiger partial charge in [-0.2, -0.15) is 4.98 Å². The molecule has 0 aliphatic carbocycles. The fourth-order valence-electron chi connectivity index (χ4n) is 3.37. The lowest BCUT2D eigenvalue weighted by Gasteiger charge is -2.17. The molecule has 0 fully saturated rings. The summed E-state index contributed by atoms with van der Waals surface area (Å²) in [5.41, 5.74) is 9.02. The number of imidazole rings is 2. The maximum Gasteiger partial charge on any atom is 0.222 e. The third-order valence-corrected chi connectivity index (χ3v) is 4.64. The Hall–Kier alpha value is -3.94. The number of nitrogens with two attached hydrogens (primary N) is 1. The molecule has 8 nitrogen and oxygen atoms in total. The third kappa shape index (κ3) is 2.81. The number of hydrogen-bond donors (Lipinski definition) is 2. The number of benzene rings is 1. The van der Waals surface area contributed by atoms with Crippen molar-refractivity contribution in [2.24, 2.45) is 0 Å². The van der Waals surface area contributed by atoms with Crippen LogP contribution in [0.5, 0.6) is 0 Å². The first-order chi connectivity index (χ1) is 13.8. The zero-order chi connectivity index (χ0) is 18.9. The van der Waals surface area contributed by atoms with Gasteiger partial charge < -0.3 is 19.7 Å². The van der Waals surface area contributed by atoms with Crippen molar-refractivity contribution in [3.05, 3.63) is 78.8 Å². The summed E-state index contributed by atoms with van der Waals surface area (Å²) in [6.07, 6.45) is 7.62. The van der Waals surface area contributed by atoms with Crippen molar-refractivity contribution in [3.8, 4) is 11.5 Å². The Balaban J connectivity index is 1.67. The van der Waals surface area contributed by atoms with Gasteiger partial charge in [-0.3, -0.25) is 0 Å². The van der Waals surface area contributed by atoms with Crippen LogP contribution in [0.15, 0.2) is 71.9 Å². The van der Waals surface area contributed by atoms with Crippen LogP contribution in [-0.2, 0) is 6.42 Å². The minimum atomic E-state index is -0.124. The van der Waals surface area contributed by atoms with Gasteiger partial charge in [0.15, 0.2) is 11.4 Å². The molecular formula is C20H17N7O. The Kier molecular flexibility index (Phi) is 3.86. The van der Waals surface area contributed by atoms with E-state index in [4.69, 9.17) is 10.2 Å². The monoisotopic (exact) mass is 371 g/mol. The van der Waals surface area contributed by atoms with E-state index in [2.05, 4.69) is 37.1 Å². The zero-order valence-electron chi connectivity index (χ0n) is 14.9. The number of nitrogens with one attached hydrogen (secondary N) is 1. The topological polar surface area (TPSA) is 111 Å². The van der Waals surface area contributed by atoms with Crippen LogP contribution in [0.2, 0.25) is 0 Å². The van der Waals surface area contributed by atoms with Crippen LogP contribution >= 0.6 is 0 Å². The molecule has 4 heterocycles. The molecule has 3 N–H and O–H groups in total. The van der Waals surface area contributed by atoms with Gasteiger partial charge in [-0.15, -0.1) is 0 Å². The number of aromatic amines is 1. The number of furan rings is 1. The van der Waals surface area contributed by atoms with E-state index in [1.54, 1.807) is 24.9 Å². The molecule has 1 atom stereocenters.